The molecule has 2 N–H and O–H groups in total. The summed E-state index contributed by atoms with van der Waals surface area (Å²) in [5, 5.41) is 23.5. The van der Waals surface area contributed by atoms with Crippen molar-refractivity contribution in [2.24, 2.45) is 0 Å². The molecule has 1 aromatic heterocycles. The lowest BCUT2D eigenvalue weighted by molar-refractivity contribution is -0.384. The van der Waals surface area contributed by atoms with Gasteiger partial charge in [0.1, 0.15) is 5.69 Å². The number of nitrogens with one attached hydrogen (secondary N) is 1. The summed E-state index contributed by atoms with van der Waals surface area (Å²) in [6.07, 6.45) is 7.21. The highest BCUT2D eigenvalue weighted by Gasteiger charge is 2.20. The van der Waals surface area contributed by atoms with Crippen LogP contribution in [0.4, 0.5) is 11.4 Å². The van der Waals surface area contributed by atoms with Crippen LogP contribution in [0, 0.1) is 10.1 Å². The van der Waals surface area contributed by atoms with E-state index < -0.39 is 11.0 Å². The molecule has 7 heteroatoms. The molecule has 0 saturated heterocycles. The van der Waals surface area contributed by atoms with Crippen LogP contribution in [0.15, 0.2) is 12.3 Å². The number of hydrogen-bond acceptors (Lipinski definition) is 5. The Bertz CT molecular complexity index is 457. The standard InChI is InChI=1S/C14H22ClN3O3/c1-2-3-4-5-6-7-11(19)10-17-12-8-9-16-14(15)13(12)18(20)21/h8-9,11,19H,2-7,10H2,1H3,(H,16,17). The van der Waals surface area contributed by atoms with E-state index in [1.807, 2.05) is 0 Å². The predicted molar refractivity (Wildman–Crippen MR) is 83.8 cm³/mol. The SMILES string of the molecule is CCCCCCCC(O)CNc1ccnc(Cl)c1[N+](=O)[O-]. The summed E-state index contributed by atoms with van der Waals surface area (Å²) in [4.78, 5) is 14.1. The summed E-state index contributed by atoms with van der Waals surface area (Å²) in [7, 11) is 0. The van der Waals surface area contributed by atoms with E-state index in [-0.39, 0.29) is 23.1 Å². The van der Waals surface area contributed by atoms with Gasteiger partial charge in [-0.2, -0.15) is 0 Å². The molecule has 118 valence electrons. The Balaban J connectivity index is 2.41. The van der Waals surface area contributed by atoms with Crippen molar-refractivity contribution in [2.75, 3.05) is 11.9 Å². The number of rotatable bonds is 10. The molecule has 1 aromatic rings. The van der Waals surface area contributed by atoms with Crippen molar-refractivity contribution in [2.45, 2.75) is 51.6 Å². The second-order valence-electron chi connectivity index (χ2n) is 4.99. The van der Waals surface area contributed by atoms with Crippen molar-refractivity contribution in [3.05, 3.63) is 27.5 Å². The third-order valence-electron chi connectivity index (χ3n) is 3.23. The van der Waals surface area contributed by atoms with Crippen molar-refractivity contribution in [1.29, 1.82) is 0 Å². The quantitative estimate of drug-likeness (QED) is 0.297. The molecule has 21 heavy (non-hydrogen) atoms. The molecule has 0 aromatic carbocycles. The Morgan fingerprint density at radius 3 is 2.81 bits per heavy atom. The maximum absolute atomic E-state index is 10.9. The molecule has 1 heterocycles. The second kappa shape index (κ2) is 9.52. The fourth-order valence-corrected chi connectivity index (χ4v) is 2.29. The molecular weight excluding hydrogens is 294 g/mol. The van der Waals surface area contributed by atoms with Gasteiger partial charge in [0.25, 0.3) is 0 Å². The van der Waals surface area contributed by atoms with Crippen LogP contribution in [0.5, 0.6) is 0 Å². The highest BCUT2D eigenvalue weighted by atomic mass is 35.5. The van der Waals surface area contributed by atoms with Crippen LogP contribution >= 0.6 is 11.6 Å². The Labute approximate surface area is 129 Å². The number of pyridine rings is 1. The summed E-state index contributed by atoms with van der Waals surface area (Å²) in [6, 6.07) is 1.48. The highest BCUT2D eigenvalue weighted by Crippen LogP contribution is 2.30. The first-order valence-corrected chi connectivity index (χ1v) is 7.64. The predicted octanol–water partition coefficient (Wildman–Crippen LogP) is 3.78. The zero-order valence-electron chi connectivity index (χ0n) is 12.2. The number of unbranched alkanes of at least 4 members (excludes halogenated alkanes) is 4. The van der Waals surface area contributed by atoms with E-state index in [1.165, 1.54) is 31.5 Å². The molecule has 0 bridgehead atoms. The first-order valence-electron chi connectivity index (χ1n) is 7.27. The van der Waals surface area contributed by atoms with E-state index >= 15 is 0 Å². The minimum atomic E-state index is -0.575. The van der Waals surface area contributed by atoms with Gasteiger partial charge in [-0.15, -0.1) is 0 Å². The Morgan fingerprint density at radius 1 is 1.43 bits per heavy atom. The van der Waals surface area contributed by atoms with Crippen molar-refractivity contribution in [3.63, 3.8) is 0 Å². The number of halogens is 1. The number of hydrogen-bond donors (Lipinski definition) is 2. The lowest BCUT2D eigenvalue weighted by Crippen LogP contribution is -2.20. The summed E-state index contributed by atoms with van der Waals surface area (Å²) in [6.45, 7) is 2.42. The average molecular weight is 316 g/mol. The van der Waals surface area contributed by atoms with Crippen molar-refractivity contribution < 1.29 is 10.0 Å². The smallest absolute Gasteiger partial charge is 0.329 e. The maximum atomic E-state index is 10.9. The summed E-state index contributed by atoms with van der Waals surface area (Å²) < 4.78 is 0. The number of aromatic nitrogens is 1. The molecule has 0 spiro atoms. The molecule has 0 aliphatic heterocycles. The minimum absolute atomic E-state index is 0.154. The number of anilines is 1. The van der Waals surface area contributed by atoms with Gasteiger partial charge in [0.05, 0.1) is 11.0 Å². The van der Waals surface area contributed by atoms with Gasteiger partial charge in [-0.25, -0.2) is 4.98 Å². The monoisotopic (exact) mass is 315 g/mol. The lowest BCUT2D eigenvalue weighted by Gasteiger charge is -2.13. The first-order chi connectivity index (χ1) is 10.1. The number of aliphatic hydroxyl groups is 1. The van der Waals surface area contributed by atoms with Crippen LogP contribution < -0.4 is 5.32 Å². The van der Waals surface area contributed by atoms with Crippen LogP contribution in [-0.2, 0) is 0 Å². The Hall–Kier alpha value is -1.40. The zero-order chi connectivity index (χ0) is 15.7. The molecule has 0 radical (unpaired) electrons. The van der Waals surface area contributed by atoms with Crippen LogP contribution in [0.3, 0.4) is 0 Å². The van der Waals surface area contributed by atoms with E-state index in [1.54, 1.807) is 0 Å². The Morgan fingerprint density at radius 2 is 2.14 bits per heavy atom. The number of aliphatic hydroxyl groups excluding tert-OH is 1. The van der Waals surface area contributed by atoms with Gasteiger partial charge in [0, 0.05) is 12.7 Å². The summed E-state index contributed by atoms with van der Waals surface area (Å²) in [5.74, 6) is 0. The first kappa shape index (κ1) is 17.7. The van der Waals surface area contributed by atoms with E-state index in [4.69, 9.17) is 11.6 Å². The largest absolute Gasteiger partial charge is 0.391 e. The molecular formula is C14H22ClN3O3. The average Bonchev–Trinajstić information content (AvgIpc) is 2.44. The summed E-state index contributed by atoms with van der Waals surface area (Å²) >= 11 is 5.72. The van der Waals surface area contributed by atoms with Gasteiger partial charge in [0.15, 0.2) is 0 Å². The molecule has 0 amide bonds. The van der Waals surface area contributed by atoms with E-state index in [2.05, 4.69) is 17.2 Å². The molecule has 0 saturated carbocycles. The zero-order valence-corrected chi connectivity index (χ0v) is 13.0. The van der Waals surface area contributed by atoms with Gasteiger partial charge < -0.3 is 10.4 Å². The van der Waals surface area contributed by atoms with Crippen LogP contribution in [0.25, 0.3) is 0 Å². The molecule has 1 rings (SSSR count). The van der Waals surface area contributed by atoms with Crippen molar-refractivity contribution in [1.82, 2.24) is 4.98 Å². The van der Waals surface area contributed by atoms with E-state index in [0.29, 0.717) is 6.42 Å². The lowest BCUT2D eigenvalue weighted by atomic mass is 10.1. The second-order valence-corrected chi connectivity index (χ2v) is 5.35. The van der Waals surface area contributed by atoms with Crippen LogP contribution in [0.2, 0.25) is 5.15 Å². The Kier molecular flexibility index (Phi) is 8.00. The van der Waals surface area contributed by atoms with E-state index in [9.17, 15) is 15.2 Å². The molecule has 1 unspecified atom stereocenters. The summed E-state index contributed by atoms with van der Waals surface area (Å²) in [5.41, 5.74) is 0.0272. The number of nitro groups is 1. The van der Waals surface area contributed by atoms with Gasteiger partial charge in [-0.05, 0) is 12.5 Å². The maximum Gasteiger partial charge on any atom is 0.329 e. The molecule has 0 aliphatic carbocycles. The molecule has 0 aliphatic rings. The minimum Gasteiger partial charge on any atom is -0.391 e. The van der Waals surface area contributed by atoms with Crippen LogP contribution in [0.1, 0.15) is 45.4 Å². The fraction of sp³-hybridized carbons (Fsp3) is 0.643. The normalized spacial score (nSPS) is 12.1. The third-order valence-corrected chi connectivity index (χ3v) is 3.51. The molecule has 1 atom stereocenters. The van der Waals surface area contributed by atoms with E-state index in [0.717, 1.165) is 12.8 Å². The molecule has 6 nitrogen and oxygen atoms in total. The van der Waals surface area contributed by atoms with Crippen molar-refractivity contribution >= 4 is 23.0 Å². The van der Waals surface area contributed by atoms with Gasteiger partial charge in [-0.3, -0.25) is 10.1 Å². The van der Waals surface area contributed by atoms with Crippen molar-refractivity contribution in [3.8, 4) is 0 Å². The van der Waals surface area contributed by atoms with Gasteiger partial charge in [0.2, 0.25) is 5.15 Å². The third kappa shape index (κ3) is 6.27. The van der Waals surface area contributed by atoms with Gasteiger partial charge >= 0.3 is 5.69 Å². The number of nitrogens with zero attached hydrogens (tertiary/aromatic N) is 2. The fourth-order valence-electron chi connectivity index (χ4n) is 2.06. The topological polar surface area (TPSA) is 88.3 Å². The van der Waals surface area contributed by atoms with Gasteiger partial charge in [-0.1, -0.05) is 50.6 Å². The van der Waals surface area contributed by atoms with Crippen LogP contribution in [-0.4, -0.2) is 27.7 Å². The molecule has 0 fully saturated rings. The highest BCUT2D eigenvalue weighted by molar-refractivity contribution is 6.32.